The number of nitrogens with zero attached hydrogens (tertiary/aromatic N) is 4. The van der Waals surface area contributed by atoms with Crippen LogP contribution in [0.1, 0.15) is 16.8 Å². The van der Waals surface area contributed by atoms with E-state index in [0.29, 0.717) is 5.56 Å². The Morgan fingerprint density at radius 3 is 2.90 bits per heavy atom. The van der Waals surface area contributed by atoms with Crippen LogP contribution in [0.15, 0.2) is 54.9 Å². The highest BCUT2D eigenvalue weighted by atomic mass is 15.1. The van der Waals surface area contributed by atoms with Gasteiger partial charge in [-0.3, -0.25) is 4.90 Å². The summed E-state index contributed by atoms with van der Waals surface area (Å²) >= 11 is 0. The van der Waals surface area contributed by atoms with Gasteiger partial charge in [0, 0.05) is 25.5 Å². The third-order valence-electron chi connectivity index (χ3n) is 3.35. The van der Waals surface area contributed by atoms with Gasteiger partial charge in [-0.2, -0.15) is 5.26 Å². The SMILES string of the molecule is CN(Cc1cccc(C#N)c1)Cc1cn2ccccc2n1. The number of imidazole rings is 1. The van der Waals surface area contributed by atoms with Crippen molar-refractivity contribution in [1.82, 2.24) is 14.3 Å². The molecule has 21 heavy (non-hydrogen) atoms. The van der Waals surface area contributed by atoms with Gasteiger partial charge >= 0.3 is 0 Å². The van der Waals surface area contributed by atoms with Gasteiger partial charge in [-0.05, 0) is 36.9 Å². The van der Waals surface area contributed by atoms with Crippen molar-refractivity contribution in [3.05, 3.63) is 71.7 Å². The van der Waals surface area contributed by atoms with Crippen molar-refractivity contribution in [2.45, 2.75) is 13.1 Å². The van der Waals surface area contributed by atoms with E-state index in [9.17, 15) is 0 Å². The molecule has 0 aliphatic carbocycles. The first-order chi connectivity index (χ1) is 10.2. The Hall–Kier alpha value is -2.64. The molecule has 2 aromatic heterocycles. The quantitative estimate of drug-likeness (QED) is 0.736. The second kappa shape index (κ2) is 5.78. The molecule has 4 nitrogen and oxygen atoms in total. The fourth-order valence-corrected chi connectivity index (χ4v) is 2.45. The summed E-state index contributed by atoms with van der Waals surface area (Å²) in [6.07, 6.45) is 4.06. The van der Waals surface area contributed by atoms with Crippen LogP contribution in [-0.4, -0.2) is 21.3 Å². The van der Waals surface area contributed by atoms with Gasteiger partial charge in [0.05, 0.1) is 17.3 Å². The Balaban J connectivity index is 1.71. The highest BCUT2D eigenvalue weighted by Crippen LogP contribution is 2.10. The fourth-order valence-electron chi connectivity index (χ4n) is 2.45. The summed E-state index contributed by atoms with van der Waals surface area (Å²) < 4.78 is 2.03. The maximum Gasteiger partial charge on any atom is 0.137 e. The van der Waals surface area contributed by atoms with Gasteiger partial charge in [0.25, 0.3) is 0 Å². The van der Waals surface area contributed by atoms with Gasteiger partial charge in [-0.25, -0.2) is 4.98 Å². The van der Waals surface area contributed by atoms with Crippen molar-refractivity contribution < 1.29 is 0 Å². The molecule has 0 bridgehead atoms. The average Bonchev–Trinajstić information content (AvgIpc) is 2.89. The van der Waals surface area contributed by atoms with E-state index in [-0.39, 0.29) is 0 Å². The molecule has 0 saturated carbocycles. The molecule has 1 aromatic carbocycles. The molecule has 0 radical (unpaired) electrons. The third-order valence-corrected chi connectivity index (χ3v) is 3.35. The Labute approximate surface area is 123 Å². The second-order valence-electron chi connectivity index (χ2n) is 5.18. The highest BCUT2D eigenvalue weighted by molar-refractivity contribution is 5.39. The molecular formula is C17H16N4. The van der Waals surface area contributed by atoms with Crippen molar-refractivity contribution >= 4 is 5.65 Å². The summed E-state index contributed by atoms with van der Waals surface area (Å²) in [6.45, 7) is 1.57. The minimum absolute atomic E-state index is 0.702. The van der Waals surface area contributed by atoms with Crippen molar-refractivity contribution in [2.24, 2.45) is 0 Å². The van der Waals surface area contributed by atoms with Gasteiger partial charge in [-0.1, -0.05) is 18.2 Å². The molecule has 0 unspecified atom stereocenters. The largest absolute Gasteiger partial charge is 0.307 e. The van der Waals surface area contributed by atoms with E-state index in [2.05, 4.69) is 29.2 Å². The van der Waals surface area contributed by atoms with E-state index in [1.807, 2.05) is 53.1 Å². The maximum absolute atomic E-state index is 8.94. The first kappa shape index (κ1) is 13.3. The Kier molecular flexibility index (Phi) is 3.67. The van der Waals surface area contributed by atoms with Crippen molar-refractivity contribution in [2.75, 3.05) is 7.05 Å². The van der Waals surface area contributed by atoms with E-state index >= 15 is 0 Å². The maximum atomic E-state index is 8.94. The van der Waals surface area contributed by atoms with Gasteiger partial charge in [-0.15, -0.1) is 0 Å². The zero-order valence-corrected chi connectivity index (χ0v) is 11.9. The van der Waals surface area contributed by atoms with Crippen molar-refractivity contribution in [1.29, 1.82) is 5.26 Å². The minimum Gasteiger partial charge on any atom is -0.307 e. The van der Waals surface area contributed by atoms with E-state index in [1.54, 1.807) is 0 Å². The van der Waals surface area contributed by atoms with Crippen LogP contribution in [0.4, 0.5) is 0 Å². The number of rotatable bonds is 4. The summed E-state index contributed by atoms with van der Waals surface area (Å²) in [4.78, 5) is 6.79. The summed E-state index contributed by atoms with van der Waals surface area (Å²) in [7, 11) is 2.06. The molecule has 0 N–H and O–H groups in total. The lowest BCUT2D eigenvalue weighted by Crippen LogP contribution is -2.17. The molecule has 0 amide bonds. The van der Waals surface area contributed by atoms with Crippen LogP contribution in [0.5, 0.6) is 0 Å². The fraction of sp³-hybridized carbons (Fsp3) is 0.176. The Bertz CT molecular complexity index is 765. The third kappa shape index (κ3) is 3.10. The number of benzene rings is 1. The predicted molar refractivity (Wildman–Crippen MR) is 81.5 cm³/mol. The molecule has 0 spiro atoms. The molecule has 0 saturated heterocycles. The molecule has 104 valence electrons. The molecule has 3 aromatic rings. The lowest BCUT2D eigenvalue weighted by molar-refractivity contribution is 0.315. The number of hydrogen-bond donors (Lipinski definition) is 0. The molecular weight excluding hydrogens is 260 g/mol. The van der Waals surface area contributed by atoms with Gasteiger partial charge in [0.15, 0.2) is 0 Å². The van der Waals surface area contributed by atoms with Gasteiger partial charge in [0.2, 0.25) is 0 Å². The van der Waals surface area contributed by atoms with Gasteiger partial charge < -0.3 is 4.40 Å². The summed E-state index contributed by atoms with van der Waals surface area (Å²) in [6, 6.07) is 15.9. The first-order valence-electron chi connectivity index (χ1n) is 6.85. The Morgan fingerprint density at radius 1 is 1.19 bits per heavy atom. The number of pyridine rings is 1. The lowest BCUT2D eigenvalue weighted by Gasteiger charge is -2.15. The van der Waals surface area contributed by atoms with E-state index < -0.39 is 0 Å². The van der Waals surface area contributed by atoms with Crippen molar-refractivity contribution in [3.8, 4) is 6.07 Å². The molecule has 4 heteroatoms. The smallest absolute Gasteiger partial charge is 0.137 e. The molecule has 3 rings (SSSR count). The van der Waals surface area contributed by atoms with Crippen LogP contribution >= 0.6 is 0 Å². The molecule has 0 aliphatic heterocycles. The van der Waals surface area contributed by atoms with Crippen LogP contribution in [0.2, 0.25) is 0 Å². The number of fused-ring (bicyclic) bond motifs is 1. The topological polar surface area (TPSA) is 44.3 Å². The van der Waals surface area contributed by atoms with E-state index in [4.69, 9.17) is 5.26 Å². The zero-order valence-electron chi connectivity index (χ0n) is 11.9. The van der Waals surface area contributed by atoms with Crippen LogP contribution in [0.25, 0.3) is 5.65 Å². The molecule has 0 atom stereocenters. The standard InChI is InChI=1S/C17H16N4/c1-20(11-15-6-4-5-14(9-15)10-18)12-16-13-21-8-3-2-7-17(21)19-16/h2-9,13H,11-12H2,1H3. The second-order valence-corrected chi connectivity index (χ2v) is 5.18. The van der Waals surface area contributed by atoms with E-state index in [0.717, 1.165) is 30.0 Å². The zero-order chi connectivity index (χ0) is 14.7. The van der Waals surface area contributed by atoms with E-state index in [1.165, 1.54) is 0 Å². The molecule has 0 fully saturated rings. The highest BCUT2D eigenvalue weighted by Gasteiger charge is 2.06. The Morgan fingerprint density at radius 2 is 2.10 bits per heavy atom. The summed E-state index contributed by atoms with van der Waals surface area (Å²) in [5.74, 6) is 0. The number of aromatic nitrogens is 2. The number of nitriles is 1. The number of hydrogen-bond acceptors (Lipinski definition) is 3. The first-order valence-corrected chi connectivity index (χ1v) is 6.85. The van der Waals surface area contributed by atoms with Gasteiger partial charge in [0.1, 0.15) is 5.65 Å². The average molecular weight is 276 g/mol. The summed E-state index contributed by atoms with van der Waals surface area (Å²) in [5, 5.41) is 8.94. The van der Waals surface area contributed by atoms with Crippen LogP contribution in [0.3, 0.4) is 0 Å². The summed E-state index contributed by atoms with van der Waals surface area (Å²) in [5.41, 5.74) is 3.85. The predicted octanol–water partition coefficient (Wildman–Crippen LogP) is 2.84. The normalized spacial score (nSPS) is 10.9. The monoisotopic (exact) mass is 276 g/mol. The van der Waals surface area contributed by atoms with Crippen LogP contribution in [0, 0.1) is 11.3 Å². The van der Waals surface area contributed by atoms with Crippen molar-refractivity contribution in [3.63, 3.8) is 0 Å². The molecule has 0 aliphatic rings. The molecule has 2 heterocycles. The van der Waals surface area contributed by atoms with Crippen LogP contribution < -0.4 is 0 Å². The van der Waals surface area contributed by atoms with Crippen LogP contribution in [-0.2, 0) is 13.1 Å². The lowest BCUT2D eigenvalue weighted by atomic mass is 10.1. The minimum atomic E-state index is 0.702.